The second kappa shape index (κ2) is 5.80. The minimum Gasteiger partial charge on any atom is -0.370 e. The first-order chi connectivity index (χ1) is 8.88. The molecule has 1 aliphatic heterocycles. The second-order valence-electron chi connectivity index (χ2n) is 6.27. The van der Waals surface area contributed by atoms with Crippen LogP contribution in [0, 0.1) is 11.2 Å². The van der Waals surface area contributed by atoms with Crippen molar-refractivity contribution in [1.82, 2.24) is 5.32 Å². The van der Waals surface area contributed by atoms with Gasteiger partial charge in [0.25, 0.3) is 0 Å². The maximum Gasteiger partial charge on any atom is 0.137 e. The zero-order chi connectivity index (χ0) is 14.0. The Labute approximate surface area is 123 Å². The van der Waals surface area contributed by atoms with E-state index in [9.17, 15) is 4.39 Å². The zero-order valence-electron chi connectivity index (χ0n) is 11.8. The standard InChI is InChI=1S/C15H22BrFN2/c1-15(2,3)14-10-19(8-4-7-18-14)11-5-6-13(17)12(16)9-11/h5-6,9,14,18H,4,7-8,10H2,1-3H3. The molecule has 1 aliphatic rings. The molecule has 1 aromatic rings. The number of rotatable bonds is 1. The van der Waals surface area contributed by atoms with E-state index < -0.39 is 0 Å². The van der Waals surface area contributed by atoms with Crippen LogP contribution in [0.1, 0.15) is 27.2 Å². The third kappa shape index (κ3) is 3.69. The fourth-order valence-electron chi connectivity index (χ4n) is 2.42. The highest BCUT2D eigenvalue weighted by Gasteiger charge is 2.28. The number of nitrogens with one attached hydrogen (secondary N) is 1. The Morgan fingerprint density at radius 3 is 2.74 bits per heavy atom. The Bertz CT molecular complexity index is 442. The van der Waals surface area contributed by atoms with Crippen LogP contribution in [0.3, 0.4) is 0 Å². The molecular weight excluding hydrogens is 307 g/mol. The first-order valence-corrected chi connectivity index (χ1v) is 7.60. The summed E-state index contributed by atoms with van der Waals surface area (Å²) in [4.78, 5) is 2.35. The molecule has 0 aromatic heterocycles. The first-order valence-electron chi connectivity index (χ1n) is 6.81. The van der Waals surface area contributed by atoms with Gasteiger partial charge in [0.05, 0.1) is 4.47 Å². The average Bonchev–Trinajstić information content (AvgIpc) is 2.58. The van der Waals surface area contributed by atoms with Crippen molar-refractivity contribution in [2.45, 2.75) is 33.2 Å². The minimum absolute atomic E-state index is 0.205. The molecule has 1 unspecified atom stereocenters. The normalized spacial score (nSPS) is 21.3. The fourth-order valence-corrected chi connectivity index (χ4v) is 2.79. The Balaban J connectivity index is 2.20. The van der Waals surface area contributed by atoms with Crippen molar-refractivity contribution in [2.24, 2.45) is 5.41 Å². The summed E-state index contributed by atoms with van der Waals surface area (Å²) < 4.78 is 13.9. The molecule has 0 saturated carbocycles. The number of nitrogens with zero attached hydrogens (tertiary/aromatic N) is 1. The van der Waals surface area contributed by atoms with Gasteiger partial charge in [0, 0.05) is 24.8 Å². The molecule has 2 nitrogen and oxygen atoms in total. The van der Waals surface area contributed by atoms with Gasteiger partial charge in [-0.3, -0.25) is 0 Å². The lowest BCUT2D eigenvalue weighted by Gasteiger charge is -2.34. The van der Waals surface area contributed by atoms with Crippen LogP contribution in [-0.4, -0.2) is 25.7 Å². The Morgan fingerprint density at radius 2 is 2.11 bits per heavy atom. The number of halogens is 2. The Kier molecular flexibility index (Phi) is 4.51. The highest BCUT2D eigenvalue weighted by Crippen LogP contribution is 2.27. The van der Waals surface area contributed by atoms with Crippen molar-refractivity contribution < 1.29 is 4.39 Å². The van der Waals surface area contributed by atoms with Crippen molar-refractivity contribution >= 4 is 21.6 Å². The quantitative estimate of drug-likeness (QED) is 0.843. The fraction of sp³-hybridized carbons (Fsp3) is 0.600. The van der Waals surface area contributed by atoms with Crippen LogP contribution in [-0.2, 0) is 0 Å². The van der Waals surface area contributed by atoms with Gasteiger partial charge in [-0.1, -0.05) is 20.8 Å². The highest BCUT2D eigenvalue weighted by molar-refractivity contribution is 9.10. The largest absolute Gasteiger partial charge is 0.370 e. The molecular formula is C15H22BrFN2. The van der Waals surface area contributed by atoms with E-state index >= 15 is 0 Å². The van der Waals surface area contributed by atoms with Crippen molar-refractivity contribution in [3.8, 4) is 0 Å². The van der Waals surface area contributed by atoms with Crippen LogP contribution < -0.4 is 10.2 Å². The number of hydrogen-bond donors (Lipinski definition) is 1. The molecule has 0 spiro atoms. The van der Waals surface area contributed by atoms with E-state index in [1.807, 2.05) is 12.1 Å². The zero-order valence-corrected chi connectivity index (χ0v) is 13.4. The van der Waals surface area contributed by atoms with E-state index in [2.05, 4.69) is 46.9 Å². The summed E-state index contributed by atoms with van der Waals surface area (Å²) >= 11 is 3.27. The molecule has 1 aromatic carbocycles. The SMILES string of the molecule is CC(C)(C)C1CN(c2ccc(F)c(Br)c2)CCCN1. The third-order valence-corrected chi connectivity index (χ3v) is 4.32. The molecule has 1 N–H and O–H groups in total. The average molecular weight is 329 g/mol. The summed E-state index contributed by atoms with van der Waals surface area (Å²) in [5.74, 6) is -0.205. The summed E-state index contributed by atoms with van der Waals surface area (Å²) in [5.41, 5.74) is 1.31. The van der Waals surface area contributed by atoms with E-state index in [1.54, 1.807) is 0 Å². The molecule has 0 radical (unpaired) electrons. The summed E-state index contributed by atoms with van der Waals surface area (Å²) in [7, 11) is 0. The maximum absolute atomic E-state index is 13.3. The Hall–Kier alpha value is -0.610. The van der Waals surface area contributed by atoms with E-state index in [0.29, 0.717) is 10.5 Å². The van der Waals surface area contributed by atoms with Gasteiger partial charge in [0.2, 0.25) is 0 Å². The second-order valence-corrected chi connectivity index (χ2v) is 7.13. The van der Waals surface area contributed by atoms with E-state index in [4.69, 9.17) is 0 Å². The van der Waals surface area contributed by atoms with Gasteiger partial charge in [-0.2, -0.15) is 0 Å². The minimum atomic E-state index is -0.205. The molecule has 1 fully saturated rings. The lowest BCUT2D eigenvalue weighted by Crippen LogP contribution is -2.46. The van der Waals surface area contributed by atoms with Crippen LogP contribution >= 0.6 is 15.9 Å². The van der Waals surface area contributed by atoms with Crippen LogP contribution in [0.2, 0.25) is 0 Å². The van der Waals surface area contributed by atoms with Crippen molar-refractivity contribution in [3.63, 3.8) is 0 Å². The van der Waals surface area contributed by atoms with E-state index in [-0.39, 0.29) is 11.2 Å². The molecule has 2 rings (SSSR count). The van der Waals surface area contributed by atoms with E-state index in [1.165, 1.54) is 6.07 Å². The smallest absolute Gasteiger partial charge is 0.137 e. The van der Waals surface area contributed by atoms with Gasteiger partial charge in [0.15, 0.2) is 0 Å². The van der Waals surface area contributed by atoms with Gasteiger partial charge >= 0.3 is 0 Å². The Morgan fingerprint density at radius 1 is 1.37 bits per heavy atom. The summed E-state index contributed by atoms with van der Waals surface area (Å²) in [6.45, 7) is 9.79. The topological polar surface area (TPSA) is 15.3 Å². The molecule has 1 saturated heterocycles. The molecule has 4 heteroatoms. The van der Waals surface area contributed by atoms with Gasteiger partial charge in [0.1, 0.15) is 5.82 Å². The predicted molar refractivity (Wildman–Crippen MR) is 82.2 cm³/mol. The summed E-state index contributed by atoms with van der Waals surface area (Å²) in [6.07, 6.45) is 1.11. The van der Waals surface area contributed by atoms with Crippen LogP contribution in [0.5, 0.6) is 0 Å². The van der Waals surface area contributed by atoms with E-state index in [0.717, 1.165) is 31.7 Å². The van der Waals surface area contributed by atoms with Crippen molar-refractivity contribution in [2.75, 3.05) is 24.5 Å². The van der Waals surface area contributed by atoms with Gasteiger partial charge in [-0.05, 0) is 52.5 Å². The van der Waals surface area contributed by atoms with Gasteiger partial charge in [-0.25, -0.2) is 4.39 Å². The molecule has 106 valence electrons. The number of benzene rings is 1. The highest BCUT2D eigenvalue weighted by atomic mass is 79.9. The summed E-state index contributed by atoms with van der Waals surface area (Å²) in [6, 6.07) is 5.72. The molecule has 19 heavy (non-hydrogen) atoms. The predicted octanol–water partition coefficient (Wildman–Crippen LogP) is 3.80. The molecule has 1 atom stereocenters. The van der Waals surface area contributed by atoms with Crippen LogP contribution in [0.25, 0.3) is 0 Å². The number of hydrogen-bond acceptors (Lipinski definition) is 2. The third-order valence-electron chi connectivity index (χ3n) is 3.71. The molecule has 0 amide bonds. The lowest BCUT2D eigenvalue weighted by molar-refractivity contribution is 0.280. The molecule has 1 heterocycles. The van der Waals surface area contributed by atoms with Crippen molar-refractivity contribution in [1.29, 1.82) is 0 Å². The lowest BCUT2D eigenvalue weighted by atomic mass is 9.86. The summed E-state index contributed by atoms with van der Waals surface area (Å²) in [5, 5.41) is 3.62. The molecule has 0 aliphatic carbocycles. The first kappa shape index (κ1) is 14.8. The monoisotopic (exact) mass is 328 g/mol. The molecule has 0 bridgehead atoms. The van der Waals surface area contributed by atoms with Gasteiger partial charge in [-0.15, -0.1) is 0 Å². The van der Waals surface area contributed by atoms with Crippen molar-refractivity contribution in [3.05, 3.63) is 28.5 Å². The maximum atomic E-state index is 13.3. The van der Waals surface area contributed by atoms with Crippen LogP contribution in [0.15, 0.2) is 22.7 Å². The van der Waals surface area contributed by atoms with Crippen LogP contribution in [0.4, 0.5) is 10.1 Å². The number of anilines is 1. The van der Waals surface area contributed by atoms with Gasteiger partial charge < -0.3 is 10.2 Å².